The normalized spacial score (nSPS) is 18.0. The molecule has 1 aliphatic heterocycles. The summed E-state index contributed by atoms with van der Waals surface area (Å²) in [7, 11) is 0. The standard InChI is InChI=1S/C12H17NS2/c1-9(2)5-6-11-7-13-12(15-11)14-8-10(3)4/h6H,1,3,5,7-8H2,2,4H3/b11-6+. The second-order valence-electron chi connectivity index (χ2n) is 3.76. The second kappa shape index (κ2) is 6.23. The monoisotopic (exact) mass is 239 g/mol. The maximum absolute atomic E-state index is 4.47. The predicted molar refractivity (Wildman–Crippen MR) is 74.7 cm³/mol. The predicted octanol–water partition coefficient (Wildman–Crippen LogP) is 4.25. The Bertz CT molecular complexity index is 327. The number of nitrogens with zero attached hydrogens (tertiary/aromatic N) is 1. The summed E-state index contributed by atoms with van der Waals surface area (Å²) < 4.78 is 1.17. The number of allylic oxidation sites excluding steroid dienone is 2. The lowest BCUT2D eigenvalue weighted by Gasteiger charge is -1.99. The van der Waals surface area contributed by atoms with Crippen LogP contribution in [0.4, 0.5) is 0 Å². The van der Waals surface area contributed by atoms with Crippen molar-refractivity contribution in [1.82, 2.24) is 0 Å². The number of hydrogen-bond acceptors (Lipinski definition) is 3. The summed E-state index contributed by atoms with van der Waals surface area (Å²) in [6, 6.07) is 0. The van der Waals surface area contributed by atoms with E-state index in [0.717, 1.165) is 18.7 Å². The van der Waals surface area contributed by atoms with Crippen molar-refractivity contribution in [1.29, 1.82) is 0 Å². The molecule has 0 radical (unpaired) electrons. The molecule has 1 nitrogen and oxygen atoms in total. The molecule has 1 heterocycles. The smallest absolute Gasteiger partial charge is 0.129 e. The van der Waals surface area contributed by atoms with E-state index in [1.54, 1.807) is 23.5 Å². The fraction of sp³-hybridized carbons (Fsp3) is 0.417. The zero-order valence-electron chi connectivity index (χ0n) is 9.38. The van der Waals surface area contributed by atoms with Gasteiger partial charge in [-0.15, -0.1) is 0 Å². The average Bonchev–Trinajstić information content (AvgIpc) is 2.59. The van der Waals surface area contributed by atoms with Gasteiger partial charge in [0.05, 0.1) is 6.54 Å². The highest BCUT2D eigenvalue weighted by Crippen LogP contribution is 2.32. The molecule has 0 N–H and O–H groups in total. The van der Waals surface area contributed by atoms with Gasteiger partial charge in [-0.05, 0) is 20.3 Å². The minimum atomic E-state index is 0.844. The van der Waals surface area contributed by atoms with Crippen LogP contribution < -0.4 is 0 Å². The summed E-state index contributed by atoms with van der Waals surface area (Å²) >= 11 is 3.57. The Balaban J connectivity index is 2.33. The van der Waals surface area contributed by atoms with Gasteiger partial charge in [0.1, 0.15) is 4.38 Å². The molecule has 3 heteroatoms. The van der Waals surface area contributed by atoms with E-state index in [0.29, 0.717) is 0 Å². The Morgan fingerprint density at radius 3 is 2.80 bits per heavy atom. The zero-order valence-corrected chi connectivity index (χ0v) is 11.0. The Morgan fingerprint density at radius 2 is 2.20 bits per heavy atom. The summed E-state index contributed by atoms with van der Waals surface area (Å²) in [5.74, 6) is 0.972. The Hall–Kier alpha value is -0.410. The van der Waals surface area contributed by atoms with Crippen molar-refractivity contribution in [3.63, 3.8) is 0 Å². The third-order valence-electron chi connectivity index (χ3n) is 1.70. The van der Waals surface area contributed by atoms with Gasteiger partial charge in [-0.2, -0.15) is 0 Å². The van der Waals surface area contributed by atoms with Crippen LogP contribution in [0.5, 0.6) is 0 Å². The first-order valence-electron chi connectivity index (χ1n) is 4.91. The first kappa shape index (κ1) is 12.7. The molecular weight excluding hydrogens is 222 g/mol. The van der Waals surface area contributed by atoms with Crippen molar-refractivity contribution in [3.8, 4) is 0 Å². The molecule has 0 aromatic rings. The van der Waals surface area contributed by atoms with E-state index < -0.39 is 0 Å². The minimum absolute atomic E-state index is 0.844. The number of rotatable bonds is 4. The van der Waals surface area contributed by atoms with Crippen LogP contribution in [0, 0.1) is 0 Å². The molecule has 0 unspecified atom stereocenters. The summed E-state index contributed by atoms with van der Waals surface area (Å²) in [4.78, 5) is 5.82. The van der Waals surface area contributed by atoms with Crippen LogP contribution in [0.25, 0.3) is 0 Å². The highest BCUT2D eigenvalue weighted by atomic mass is 32.2. The summed E-state index contributed by atoms with van der Waals surface area (Å²) in [5, 5.41) is 0. The quantitative estimate of drug-likeness (QED) is 0.680. The molecule has 0 aromatic heterocycles. The average molecular weight is 239 g/mol. The maximum atomic E-state index is 4.47. The molecule has 0 saturated carbocycles. The third-order valence-corrected chi connectivity index (χ3v) is 4.18. The van der Waals surface area contributed by atoms with Gasteiger partial charge in [0, 0.05) is 10.7 Å². The van der Waals surface area contributed by atoms with Gasteiger partial charge in [-0.3, -0.25) is 4.99 Å². The fourth-order valence-electron chi connectivity index (χ4n) is 0.973. The van der Waals surface area contributed by atoms with Gasteiger partial charge in [0.15, 0.2) is 0 Å². The van der Waals surface area contributed by atoms with Crippen molar-refractivity contribution in [2.24, 2.45) is 4.99 Å². The van der Waals surface area contributed by atoms with Gasteiger partial charge in [-0.1, -0.05) is 53.9 Å². The maximum Gasteiger partial charge on any atom is 0.129 e. The zero-order chi connectivity index (χ0) is 11.3. The topological polar surface area (TPSA) is 12.4 Å². The van der Waals surface area contributed by atoms with Crippen molar-refractivity contribution >= 4 is 27.9 Å². The van der Waals surface area contributed by atoms with E-state index >= 15 is 0 Å². The molecule has 0 spiro atoms. The van der Waals surface area contributed by atoms with Crippen molar-refractivity contribution in [3.05, 3.63) is 35.3 Å². The molecule has 1 rings (SSSR count). The lowest BCUT2D eigenvalue weighted by molar-refractivity contribution is 1.18. The van der Waals surface area contributed by atoms with Gasteiger partial charge in [0.25, 0.3) is 0 Å². The largest absolute Gasteiger partial charge is 0.266 e. The van der Waals surface area contributed by atoms with Crippen LogP contribution in [-0.2, 0) is 0 Å². The number of hydrogen-bond donors (Lipinski definition) is 0. The van der Waals surface area contributed by atoms with Gasteiger partial charge in [0.2, 0.25) is 0 Å². The van der Waals surface area contributed by atoms with E-state index in [-0.39, 0.29) is 0 Å². The van der Waals surface area contributed by atoms with E-state index in [4.69, 9.17) is 0 Å². The highest BCUT2D eigenvalue weighted by Gasteiger charge is 2.12. The lowest BCUT2D eigenvalue weighted by Crippen LogP contribution is -1.84. The third kappa shape index (κ3) is 5.28. The van der Waals surface area contributed by atoms with Crippen molar-refractivity contribution < 1.29 is 0 Å². The fourth-order valence-corrected chi connectivity index (χ4v) is 2.88. The van der Waals surface area contributed by atoms with Crippen LogP contribution >= 0.6 is 23.5 Å². The molecule has 0 saturated heterocycles. The van der Waals surface area contributed by atoms with Crippen LogP contribution in [0.3, 0.4) is 0 Å². The number of aliphatic imine (C=N–C) groups is 1. The molecule has 0 aromatic carbocycles. The molecule has 0 aliphatic carbocycles. The molecule has 0 amide bonds. The molecule has 1 aliphatic rings. The first-order chi connectivity index (χ1) is 7.08. The minimum Gasteiger partial charge on any atom is -0.266 e. The highest BCUT2D eigenvalue weighted by molar-refractivity contribution is 8.40. The molecule has 0 atom stereocenters. The summed E-state index contributed by atoms with van der Waals surface area (Å²) in [6.07, 6.45) is 3.20. The first-order valence-corrected chi connectivity index (χ1v) is 6.71. The van der Waals surface area contributed by atoms with Gasteiger partial charge in [-0.25, -0.2) is 0 Å². The number of thioether (sulfide) groups is 2. The van der Waals surface area contributed by atoms with E-state index in [1.807, 2.05) is 13.8 Å². The SMILES string of the molecule is C=C(C)C/C=C1\CN=C(SCC(=C)C)S1. The van der Waals surface area contributed by atoms with Gasteiger partial charge >= 0.3 is 0 Å². The lowest BCUT2D eigenvalue weighted by atomic mass is 10.2. The van der Waals surface area contributed by atoms with Crippen LogP contribution in [0.15, 0.2) is 40.3 Å². The van der Waals surface area contributed by atoms with E-state index in [9.17, 15) is 0 Å². The Morgan fingerprint density at radius 1 is 1.47 bits per heavy atom. The Labute approximate surface area is 101 Å². The molecule has 82 valence electrons. The van der Waals surface area contributed by atoms with E-state index in [1.165, 1.54) is 20.4 Å². The van der Waals surface area contributed by atoms with Crippen LogP contribution in [0.2, 0.25) is 0 Å². The van der Waals surface area contributed by atoms with Crippen LogP contribution in [-0.4, -0.2) is 16.7 Å². The molecule has 15 heavy (non-hydrogen) atoms. The molecule has 0 fully saturated rings. The Kier molecular flexibility index (Phi) is 5.26. The van der Waals surface area contributed by atoms with Crippen molar-refractivity contribution in [2.45, 2.75) is 20.3 Å². The summed E-state index contributed by atoms with van der Waals surface area (Å²) in [6.45, 7) is 12.7. The second-order valence-corrected chi connectivity index (χ2v) is 6.10. The summed E-state index contributed by atoms with van der Waals surface area (Å²) in [5.41, 5.74) is 2.40. The molecular formula is C12H17NS2. The van der Waals surface area contributed by atoms with Gasteiger partial charge < -0.3 is 0 Å². The molecule has 0 bridgehead atoms. The van der Waals surface area contributed by atoms with Crippen molar-refractivity contribution in [2.75, 3.05) is 12.3 Å². The van der Waals surface area contributed by atoms with E-state index in [2.05, 4.69) is 24.2 Å². The van der Waals surface area contributed by atoms with Crippen LogP contribution in [0.1, 0.15) is 20.3 Å².